The number of nitrogens with zero attached hydrogens (tertiary/aromatic N) is 3. The van der Waals surface area contributed by atoms with Gasteiger partial charge >= 0.3 is 11.6 Å². The van der Waals surface area contributed by atoms with Crippen molar-refractivity contribution in [2.24, 2.45) is 0 Å². The van der Waals surface area contributed by atoms with Crippen LogP contribution in [0.3, 0.4) is 0 Å². The molecule has 0 fully saturated rings. The Morgan fingerprint density at radius 2 is 2.16 bits per heavy atom. The molecule has 19 heavy (non-hydrogen) atoms. The van der Waals surface area contributed by atoms with Crippen LogP contribution in [-0.2, 0) is 6.54 Å². The van der Waals surface area contributed by atoms with E-state index in [1.165, 1.54) is 0 Å². The van der Waals surface area contributed by atoms with Crippen LogP contribution in [-0.4, -0.2) is 9.97 Å². The summed E-state index contributed by atoms with van der Waals surface area (Å²) in [6, 6.07) is 5.81. The van der Waals surface area contributed by atoms with Gasteiger partial charge in [0, 0.05) is 18.6 Å². The van der Waals surface area contributed by atoms with Crippen LogP contribution in [0.5, 0.6) is 0 Å². The van der Waals surface area contributed by atoms with Crippen LogP contribution in [0.25, 0.3) is 33.9 Å². The molecule has 0 saturated heterocycles. The van der Waals surface area contributed by atoms with E-state index in [4.69, 9.17) is 8.83 Å². The van der Waals surface area contributed by atoms with Crippen LogP contribution in [0.4, 0.5) is 0 Å². The van der Waals surface area contributed by atoms with Crippen LogP contribution >= 0.6 is 0 Å². The van der Waals surface area contributed by atoms with Gasteiger partial charge in [-0.1, -0.05) is 0 Å². The Balaban J connectivity index is 1.93. The molecule has 1 aliphatic heterocycles. The maximum atomic E-state index is 5.99. The van der Waals surface area contributed by atoms with Gasteiger partial charge in [0.05, 0.1) is 16.5 Å². The first-order chi connectivity index (χ1) is 9.42. The zero-order chi connectivity index (χ0) is 12.4. The Morgan fingerprint density at radius 3 is 3.16 bits per heavy atom. The molecule has 0 N–H and O–H groups in total. The van der Waals surface area contributed by atoms with E-state index in [1.807, 2.05) is 29.0 Å². The summed E-state index contributed by atoms with van der Waals surface area (Å²) in [4.78, 5) is 8.36. The predicted octanol–water partition coefficient (Wildman–Crippen LogP) is 2.29. The zero-order valence-corrected chi connectivity index (χ0v) is 9.83. The quantitative estimate of drug-likeness (QED) is 0.396. The van der Waals surface area contributed by atoms with Gasteiger partial charge in [0.1, 0.15) is 0 Å². The van der Waals surface area contributed by atoms with Gasteiger partial charge in [-0.25, -0.2) is 4.98 Å². The highest BCUT2D eigenvalue weighted by Gasteiger charge is 2.37. The Labute approximate surface area is 107 Å². The van der Waals surface area contributed by atoms with Gasteiger partial charge in [-0.3, -0.25) is 4.98 Å². The van der Waals surface area contributed by atoms with Gasteiger partial charge in [0.25, 0.3) is 5.58 Å². The molecule has 4 aromatic rings. The van der Waals surface area contributed by atoms with Gasteiger partial charge in [-0.2, -0.15) is 0 Å². The van der Waals surface area contributed by atoms with E-state index in [1.54, 1.807) is 12.4 Å². The number of aromatic nitrogens is 3. The lowest BCUT2D eigenvalue weighted by atomic mass is 10.2. The van der Waals surface area contributed by atoms with Crippen LogP contribution < -0.4 is 4.57 Å². The second-order valence-corrected chi connectivity index (χ2v) is 4.62. The summed E-state index contributed by atoms with van der Waals surface area (Å²) in [5, 5.41) is 0.912. The maximum absolute atomic E-state index is 5.99. The fourth-order valence-corrected chi connectivity index (χ4v) is 2.69. The minimum atomic E-state index is 0.612. The lowest BCUT2D eigenvalue weighted by Gasteiger charge is -1.88. The fourth-order valence-electron chi connectivity index (χ4n) is 2.69. The van der Waals surface area contributed by atoms with E-state index in [9.17, 15) is 0 Å². The van der Waals surface area contributed by atoms with E-state index < -0.39 is 0 Å². The lowest BCUT2D eigenvalue weighted by Crippen LogP contribution is -2.30. The molecule has 90 valence electrons. The van der Waals surface area contributed by atoms with Crippen LogP contribution in [0, 0.1) is 0 Å². The number of hydrogen-bond acceptors (Lipinski definition) is 4. The molecule has 5 rings (SSSR count). The van der Waals surface area contributed by atoms with Gasteiger partial charge in [0.2, 0.25) is 5.71 Å². The fraction of sp³-hybridized carbons (Fsp3) is 0.0714. The Kier molecular flexibility index (Phi) is 1.46. The molecule has 0 spiro atoms. The number of furan rings is 1. The highest BCUT2D eigenvalue weighted by atomic mass is 16.4. The third-order valence-corrected chi connectivity index (χ3v) is 3.55. The van der Waals surface area contributed by atoms with Gasteiger partial charge in [0.15, 0.2) is 6.54 Å². The predicted molar refractivity (Wildman–Crippen MR) is 66.3 cm³/mol. The first-order valence-corrected chi connectivity index (χ1v) is 6.05. The second-order valence-electron chi connectivity index (χ2n) is 4.62. The summed E-state index contributed by atoms with van der Waals surface area (Å²) < 4.78 is 13.8. The van der Waals surface area contributed by atoms with Crippen molar-refractivity contribution in [1.82, 2.24) is 9.97 Å². The highest BCUT2D eigenvalue weighted by molar-refractivity contribution is 5.97. The summed E-state index contributed by atoms with van der Waals surface area (Å²) in [6.07, 6.45) is 5.36. The molecule has 5 heterocycles. The highest BCUT2D eigenvalue weighted by Crippen LogP contribution is 2.34. The van der Waals surface area contributed by atoms with Crippen molar-refractivity contribution in [3.63, 3.8) is 0 Å². The third-order valence-electron chi connectivity index (χ3n) is 3.55. The molecule has 5 nitrogen and oxygen atoms in total. The molecule has 1 aliphatic rings. The topological polar surface area (TPSA) is 55.9 Å². The van der Waals surface area contributed by atoms with Crippen molar-refractivity contribution in [3.05, 3.63) is 42.4 Å². The lowest BCUT2D eigenvalue weighted by molar-refractivity contribution is -0.655. The average molecular weight is 250 g/mol. The number of pyridine rings is 2. The normalized spacial score (nSPS) is 13.1. The number of fused-ring (bicyclic) bond motifs is 7. The van der Waals surface area contributed by atoms with Crippen LogP contribution in [0.1, 0.15) is 5.56 Å². The first kappa shape index (κ1) is 9.27. The van der Waals surface area contributed by atoms with Crippen molar-refractivity contribution >= 4 is 22.4 Å². The summed E-state index contributed by atoms with van der Waals surface area (Å²) in [5.74, 6) is 0.830. The van der Waals surface area contributed by atoms with E-state index in [0.29, 0.717) is 5.71 Å². The molecular formula is C14H8N3O2+. The number of hydrogen-bond donors (Lipinski definition) is 0. The second kappa shape index (κ2) is 3.00. The zero-order valence-electron chi connectivity index (χ0n) is 9.83. The van der Waals surface area contributed by atoms with E-state index >= 15 is 0 Å². The Hall–Kier alpha value is -2.69. The SMILES string of the molecule is c1cnc2oc3c(oc4[n+]3Cc3cnccc3-4)c2c1. The number of oxazole rings is 1. The number of rotatable bonds is 0. The van der Waals surface area contributed by atoms with E-state index in [-0.39, 0.29) is 0 Å². The smallest absolute Gasteiger partial charge is 0.393 e. The third kappa shape index (κ3) is 1.03. The van der Waals surface area contributed by atoms with Crippen molar-refractivity contribution in [1.29, 1.82) is 0 Å². The van der Waals surface area contributed by atoms with Crippen molar-refractivity contribution in [3.8, 4) is 11.5 Å². The Morgan fingerprint density at radius 1 is 1.16 bits per heavy atom. The van der Waals surface area contributed by atoms with Crippen LogP contribution in [0.2, 0.25) is 0 Å². The molecule has 0 aliphatic carbocycles. The summed E-state index contributed by atoms with van der Waals surface area (Å²) in [5.41, 5.74) is 4.34. The standard InChI is InChI=1S/C14H8N3O2/c1-2-10-11-14(19-12(10)16-4-1)17-7-8-6-15-5-3-9(8)13(17)18-11/h1-6H,7H2/q+1. The summed E-state index contributed by atoms with van der Waals surface area (Å²) in [7, 11) is 0. The monoisotopic (exact) mass is 250 g/mol. The maximum Gasteiger partial charge on any atom is 0.423 e. The summed E-state index contributed by atoms with van der Waals surface area (Å²) >= 11 is 0. The van der Waals surface area contributed by atoms with E-state index in [0.717, 1.165) is 40.2 Å². The molecule has 0 aromatic carbocycles. The minimum absolute atomic E-state index is 0.612. The van der Waals surface area contributed by atoms with Gasteiger partial charge < -0.3 is 8.83 Å². The average Bonchev–Trinajstić information content (AvgIpc) is 3.07. The molecule has 0 amide bonds. The molecule has 4 aromatic heterocycles. The van der Waals surface area contributed by atoms with Crippen molar-refractivity contribution < 1.29 is 13.4 Å². The van der Waals surface area contributed by atoms with Crippen LogP contribution in [0.15, 0.2) is 45.6 Å². The molecule has 0 unspecified atom stereocenters. The van der Waals surface area contributed by atoms with Crippen molar-refractivity contribution in [2.75, 3.05) is 0 Å². The molecule has 5 heteroatoms. The largest absolute Gasteiger partial charge is 0.423 e. The first-order valence-electron chi connectivity index (χ1n) is 6.05. The molecule has 0 saturated carbocycles. The van der Waals surface area contributed by atoms with E-state index in [2.05, 4.69) is 9.97 Å². The van der Waals surface area contributed by atoms with Gasteiger partial charge in [-0.05, 0) is 18.2 Å². The minimum Gasteiger partial charge on any atom is -0.393 e. The summed E-state index contributed by atoms with van der Waals surface area (Å²) in [6.45, 7) is 0.728. The molecule has 0 atom stereocenters. The molecule has 0 radical (unpaired) electrons. The molecule has 0 bridgehead atoms. The Bertz CT molecular complexity index is 952. The van der Waals surface area contributed by atoms with Crippen molar-refractivity contribution in [2.45, 2.75) is 6.54 Å². The van der Waals surface area contributed by atoms with Gasteiger partial charge in [-0.15, -0.1) is 4.57 Å². The molecular weight excluding hydrogens is 242 g/mol.